The highest BCUT2D eigenvalue weighted by molar-refractivity contribution is 6.33. The monoisotopic (exact) mass is 412 g/mol. The van der Waals surface area contributed by atoms with E-state index in [-0.39, 0.29) is 12.1 Å². The average molecular weight is 412 g/mol. The largest absolute Gasteiger partial charge is 0.347 e. The standard InChI is InChI=1S/C22H23F2N5O/c23-15-6-7-17(24)16(13-15)18-5-4-12-28(18)21-9-8-19-25-14-20(29(19)21)26-22(30)27-10-2-1-3-11-27/h6-9,13-14,18H,1-5,10-12H2/p+1. The first kappa shape index (κ1) is 19.0. The molecule has 3 aliphatic heterocycles. The minimum Gasteiger partial charge on any atom is -0.332 e. The molecule has 0 radical (unpaired) electrons. The van der Waals surface area contributed by atoms with E-state index in [4.69, 9.17) is 0 Å². The van der Waals surface area contributed by atoms with Gasteiger partial charge in [-0.05, 0) is 50.3 Å². The van der Waals surface area contributed by atoms with E-state index in [0.29, 0.717) is 11.4 Å². The molecule has 0 spiro atoms. The number of aromatic nitrogens is 1. The number of fused-ring (bicyclic) bond motifs is 1. The van der Waals surface area contributed by atoms with Crippen LogP contribution < -0.4 is 9.89 Å². The van der Waals surface area contributed by atoms with E-state index >= 15 is 0 Å². The maximum Gasteiger partial charge on any atom is 0.347 e. The molecule has 1 unspecified atom stereocenters. The zero-order valence-corrected chi connectivity index (χ0v) is 16.7. The van der Waals surface area contributed by atoms with Crippen LogP contribution in [0, 0.1) is 11.6 Å². The summed E-state index contributed by atoms with van der Waals surface area (Å²) in [5, 5.41) is 0. The molecule has 30 heavy (non-hydrogen) atoms. The predicted octanol–water partition coefficient (Wildman–Crippen LogP) is 2.76. The van der Waals surface area contributed by atoms with Crippen molar-refractivity contribution < 1.29 is 18.6 Å². The number of urea groups is 1. The first-order chi connectivity index (χ1) is 14.6. The molecule has 1 aromatic carbocycles. The SMILES string of the molecule is O=C(N=C1C=[NH+]c2ccc(N3CCCC3c3cc(F)ccc3F)n21)N1CCCCC1. The highest BCUT2D eigenvalue weighted by atomic mass is 19.1. The summed E-state index contributed by atoms with van der Waals surface area (Å²) in [7, 11) is 0. The quantitative estimate of drug-likeness (QED) is 0.825. The van der Waals surface area contributed by atoms with Crippen molar-refractivity contribution in [1.29, 1.82) is 0 Å². The van der Waals surface area contributed by atoms with Gasteiger partial charge >= 0.3 is 6.03 Å². The van der Waals surface area contributed by atoms with Gasteiger partial charge in [-0.3, -0.25) is 0 Å². The molecule has 4 heterocycles. The Balaban J connectivity index is 1.47. The number of amides is 2. The predicted molar refractivity (Wildman–Crippen MR) is 110 cm³/mol. The van der Waals surface area contributed by atoms with Crippen LogP contribution in [0.15, 0.2) is 35.3 Å². The van der Waals surface area contributed by atoms with Gasteiger partial charge in [-0.2, -0.15) is 4.57 Å². The van der Waals surface area contributed by atoms with Gasteiger partial charge in [0.2, 0.25) is 5.82 Å². The van der Waals surface area contributed by atoms with Crippen LogP contribution in [0.1, 0.15) is 43.7 Å². The van der Waals surface area contributed by atoms with E-state index in [2.05, 4.69) is 14.9 Å². The van der Waals surface area contributed by atoms with Crippen LogP contribution in [-0.4, -0.2) is 47.2 Å². The lowest BCUT2D eigenvalue weighted by Gasteiger charge is -2.26. The normalized spacial score (nSPS) is 22.2. The van der Waals surface area contributed by atoms with Crippen molar-refractivity contribution in [1.82, 2.24) is 9.47 Å². The number of hydrogen-bond donors (Lipinski definition) is 1. The van der Waals surface area contributed by atoms with Gasteiger partial charge in [0.1, 0.15) is 11.6 Å². The maximum absolute atomic E-state index is 14.5. The molecule has 1 aromatic heterocycles. The van der Waals surface area contributed by atoms with Crippen LogP contribution in [0.4, 0.5) is 25.2 Å². The van der Waals surface area contributed by atoms with Gasteiger partial charge < -0.3 is 9.80 Å². The highest BCUT2D eigenvalue weighted by Crippen LogP contribution is 2.38. The first-order valence-electron chi connectivity index (χ1n) is 10.5. The lowest BCUT2D eigenvalue weighted by Crippen LogP contribution is -2.59. The Kier molecular flexibility index (Phi) is 4.84. The van der Waals surface area contributed by atoms with Crippen LogP contribution in [0.2, 0.25) is 0 Å². The molecule has 0 aliphatic carbocycles. The van der Waals surface area contributed by atoms with Gasteiger partial charge in [-0.1, -0.05) is 0 Å². The Hall–Kier alpha value is -3.03. The number of nitrogens with zero attached hydrogens (tertiary/aromatic N) is 4. The molecule has 3 aliphatic rings. The minimum absolute atomic E-state index is 0.232. The minimum atomic E-state index is -0.442. The van der Waals surface area contributed by atoms with E-state index in [1.807, 2.05) is 16.7 Å². The summed E-state index contributed by atoms with van der Waals surface area (Å²) in [4.78, 5) is 24.0. The van der Waals surface area contributed by atoms with Gasteiger partial charge in [-0.25, -0.2) is 18.6 Å². The number of rotatable bonds is 2. The van der Waals surface area contributed by atoms with Gasteiger partial charge in [-0.15, -0.1) is 4.99 Å². The van der Waals surface area contributed by atoms with Crippen LogP contribution in [0.5, 0.6) is 0 Å². The Morgan fingerprint density at radius 3 is 2.70 bits per heavy atom. The zero-order chi connectivity index (χ0) is 20.7. The Morgan fingerprint density at radius 1 is 1.03 bits per heavy atom. The highest BCUT2D eigenvalue weighted by Gasteiger charge is 2.36. The Labute approximate surface area is 173 Å². The summed E-state index contributed by atoms with van der Waals surface area (Å²) in [6, 6.07) is 6.96. The summed E-state index contributed by atoms with van der Waals surface area (Å²) >= 11 is 0. The zero-order valence-electron chi connectivity index (χ0n) is 16.7. The molecule has 0 saturated carbocycles. The number of benzene rings is 1. The summed E-state index contributed by atoms with van der Waals surface area (Å²) in [5.74, 6) is 1.30. The van der Waals surface area contributed by atoms with Gasteiger partial charge in [0.25, 0.3) is 11.7 Å². The fourth-order valence-corrected chi connectivity index (χ4v) is 4.68. The number of halogens is 2. The lowest BCUT2D eigenvalue weighted by atomic mass is 10.0. The van der Waals surface area contributed by atoms with E-state index in [1.54, 1.807) is 11.1 Å². The van der Waals surface area contributed by atoms with Crippen LogP contribution in [0.25, 0.3) is 0 Å². The fourth-order valence-electron chi connectivity index (χ4n) is 4.68. The summed E-state index contributed by atoms with van der Waals surface area (Å²) in [6.45, 7) is 2.19. The van der Waals surface area contributed by atoms with E-state index in [0.717, 1.165) is 69.4 Å². The number of carbonyl (C=O) groups excluding carboxylic acids is 1. The van der Waals surface area contributed by atoms with Crippen molar-refractivity contribution >= 4 is 29.7 Å². The van der Waals surface area contributed by atoms with Crippen LogP contribution in [0.3, 0.4) is 0 Å². The number of anilines is 1. The molecule has 1 N–H and O–H groups in total. The fraction of sp³-hybridized carbons (Fsp3) is 0.409. The number of hydrogen-bond acceptors (Lipinski definition) is 2. The van der Waals surface area contributed by atoms with Crippen molar-refractivity contribution in [3.63, 3.8) is 0 Å². The summed E-state index contributed by atoms with van der Waals surface area (Å²) < 4.78 is 30.2. The Bertz CT molecular complexity index is 1040. The van der Waals surface area contributed by atoms with Crippen molar-refractivity contribution in [2.75, 3.05) is 24.5 Å². The summed E-state index contributed by atoms with van der Waals surface area (Å²) in [5.41, 5.74) is 0.362. The molecule has 2 aromatic rings. The number of likely N-dealkylation sites (tertiary alicyclic amines) is 1. The molecule has 2 saturated heterocycles. The molecule has 0 bridgehead atoms. The number of carbonyl (C=O) groups is 1. The topological polar surface area (TPSA) is 54.8 Å². The first-order valence-corrected chi connectivity index (χ1v) is 10.5. The molecule has 5 rings (SSSR count). The smallest absolute Gasteiger partial charge is 0.332 e. The number of nitrogens with one attached hydrogen (secondary N) is 1. The lowest BCUT2D eigenvalue weighted by molar-refractivity contribution is -0.347. The van der Waals surface area contributed by atoms with Gasteiger partial charge in [0.15, 0.2) is 6.21 Å². The van der Waals surface area contributed by atoms with Crippen molar-refractivity contribution in [2.45, 2.75) is 38.1 Å². The molecule has 2 fully saturated rings. The second-order valence-corrected chi connectivity index (χ2v) is 8.02. The Morgan fingerprint density at radius 2 is 1.87 bits per heavy atom. The van der Waals surface area contributed by atoms with Crippen molar-refractivity contribution in [3.8, 4) is 0 Å². The van der Waals surface area contributed by atoms with Gasteiger partial charge in [0.05, 0.1) is 6.04 Å². The maximum atomic E-state index is 14.5. The van der Waals surface area contributed by atoms with Crippen molar-refractivity contribution in [2.24, 2.45) is 4.99 Å². The van der Waals surface area contributed by atoms with E-state index < -0.39 is 11.6 Å². The van der Waals surface area contributed by atoms with Crippen molar-refractivity contribution in [3.05, 3.63) is 47.5 Å². The van der Waals surface area contributed by atoms with E-state index in [9.17, 15) is 13.6 Å². The number of aliphatic imine (C=N–C) groups is 1. The van der Waals surface area contributed by atoms with Crippen LogP contribution >= 0.6 is 0 Å². The third-order valence-corrected chi connectivity index (χ3v) is 6.14. The van der Waals surface area contributed by atoms with Gasteiger partial charge in [0, 0.05) is 37.3 Å². The van der Waals surface area contributed by atoms with Crippen LogP contribution in [-0.2, 0) is 0 Å². The molecule has 6 nitrogen and oxygen atoms in total. The third-order valence-electron chi connectivity index (χ3n) is 6.14. The molecule has 8 heteroatoms. The average Bonchev–Trinajstić information content (AvgIpc) is 3.48. The third kappa shape index (κ3) is 3.30. The number of piperidine rings is 1. The molecule has 156 valence electrons. The second-order valence-electron chi connectivity index (χ2n) is 8.02. The second kappa shape index (κ2) is 7.66. The molecular formula is C22H24F2N5O+. The van der Waals surface area contributed by atoms with E-state index in [1.165, 1.54) is 12.1 Å². The molecule has 2 amide bonds. The molecular weight excluding hydrogens is 388 g/mol. The summed E-state index contributed by atoms with van der Waals surface area (Å²) in [6.07, 6.45) is 6.48. The molecule has 1 atom stereocenters.